The van der Waals surface area contributed by atoms with E-state index >= 15 is 0 Å². The molecule has 0 aromatic rings. The molecule has 0 rings (SSSR count). The van der Waals surface area contributed by atoms with Crippen LogP contribution in [0.4, 0.5) is 0 Å². The second-order valence-electron chi connectivity index (χ2n) is 1.31. The Hall–Kier alpha value is 0.900. The van der Waals surface area contributed by atoms with Crippen molar-refractivity contribution in [2.45, 2.75) is 10.2 Å². The molecule has 0 saturated heterocycles. The normalized spacial score (nSPS) is 11.5. The highest BCUT2D eigenvalue weighted by molar-refractivity contribution is 6.67. The molecule has 0 unspecified atom stereocenters. The van der Waals surface area contributed by atoms with Gasteiger partial charge in [-0.05, 0) is 0 Å². The van der Waals surface area contributed by atoms with E-state index in [1.54, 1.807) is 0 Å². The van der Waals surface area contributed by atoms with Gasteiger partial charge in [0.1, 0.15) is 0 Å². The summed E-state index contributed by atoms with van der Waals surface area (Å²) in [5.41, 5.74) is 0. The lowest BCUT2D eigenvalue weighted by atomic mass is 10.5. The van der Waals surface area contributed by atoms with E-state index in [1.807, 2.05) is 0 Å². The molecular weight excluding hydrogens is 190 g/mol. The van der Waals surface area contributed by atoms with Crippen molar-refractivity contribution < 1.29 is 0 Å². The summed E-state index contributed by atoms with van der Waals surface area (Å²) in [4.78, 5) is 0. The molecule has 0 fully saturated rings. The van der Waals surface area contributed by atoms with Crippen LogP contribution < -0.4 is 0 Å². The van der Waals surface area contributed by atoms with Gasteiger partial charge in [0.15, 0.2) is 3.79 Å². The number of halogens is 4. The van der Waals surface area contributed by atoms with Crippen LogP contribution in [0.5, 0.6) is 0 Å². The van der Waals surface area contributed by atoms with Gasteiger partial charge in [0, 0.05) is 11.5 Å². The van der Waals surface area contributed by atoms with Crippen LogP contribution in [0.2, 0.25) is 0 Å². The van der Waals surface area contributed by atoms with Crippen molar-refractivity contribution in [2.75, 3.05) is 0 Å². The topological polar surface area (TPSA) is 0 Å². The molecule has 0 N–H and O–H groups in total. The minimum absolute atomic E-state index is 0.194. The zero-order chi connectivity index (χ0) is 6.78. The summed E-state index contributed by atoms with van der Waals surface area (Å²) < 4.78 is -1.29. The molecule has 4 heteroatoms. The van der Waals surface area contributed by atoms with E-state index in [0.717, 1.165) is 0 Å². The molecule has 48 valence electrons. The van der Waals surface area contributed by atoms with Gasteiger partial charge < -0.3 is 0 Å². The van der Waals surface area contributed by atoms with Crippen molar-refractivity contribution in [3.8, 4) is 0 Å². The van der Waals surface area contributed by atoms with Crippen LogP contribution in [0.1, 0.15) is 6.42 Å². The standard InChI is InChI=1S/C4H4Cl4/c1-3(5)2-4(6,7)8/h1-2H2. The molecule has 0 aliphatic rings. The predicted molar refractivity (Wildman–Crippen MR) is 39.9 cm³/mol. The van der Waals surface area contributed by atoms with Crippen LogP contribution in [0, 0.1) is 0 Å². The third-order valence-electron chi connectivity index (χ3n) is 0.392. The van der Waals surface area contributed by atoms with E-state index < -0.39 is 3.79 Å². The van der Waals surface area contributed by atoms with Gasteiger partial charge >= 0.3 is 0 Å². The molecule has 0 radical (unpaired) electrons. The number of rotatable bonds is 1. The SMILES string of the molecule is C=C(Cl)CC(Cl)(Cl)Cl. The minimum atomic E-state index is -1.29. The first-order valence-corrected chi connectivity index (χ1v) is 3.33. The molecular formula is C4H4Cl4. The zero-order valence-electron chi connectivity index (χ0n) is 3.93. The highest BCUT2D eigenvalue weighted by Crippen LogP contribution is 2.33. The van der Waals surface area contributed by atoms with Gasteiger partial charge in [0.25, 0.3) is 0 Å². The van der Waals surface area contributed by atoms with Crippen LogP contribution >= 0.6 is 46.4 Å². The van der Waals surface area contributed by atoms with Crippen molar-refractivity contribution in [1.29, 1.82) is 0 Å². The maximum Gasteiger partial charge on any atom is 0.195 e. The van der Waals surface area contributed by atoms with Gasteiger partial charge in [-0.3, -0.25) is 0 Å². The first-order chi connectivity index (χ1) is 3.42. The molecule has 0 nitrogen and oxygen atoms in total. The summed E-state index contributed by atoms with van der Waals surface area (Å²) in [5.74, 6) is 0. The van der Waals surface area contributed by atoms with E-state index in [-0.39, 0.29) is 6.42 Å². The lowest BCUT2D eigenvalue weighted by Crippen LogP contribution is -1.99. The van der Waals surface area contributed by atoms with E-state index in [2.05, 4.69) is 6.58 Å². The zero-order valence-corrected chi connectivity index (χ0v) is 6.95. The fourth-order valence-electron chi connectivity index (χ4n) is 0.217. The van der Waals surface area contributed by atoms with E-state index in [0.29, 0.717) is 5.03 Å². The fraction of sp³-hybridized carbons (Fsp3) is 0.500. The molecule has 0 heterocycles. The van der Waals surface area contributed by atoms with Crippen molar-refractivity contribution in [3.63, 3.8) is 0 Å². The van der Waals surface area contributed by atoms with Gasteiger partial charge in [-0.25, -0.2) is 0 Å². The molecule has 0 aromatic carbocycles. The lowest BCUT2D eigenvalue weighted by molar-refractivity contribution is 1.06. The van der Waals surface area contributed by atoms with Crippen molar-refractivity contribution >= 4 is 46.4 Å². The first-order valence-electron chi connectivity index (χ1n) is 1.82. The molecule has 0 bridgehead atoms. The van der Waals surface area contributed by atoms with Crippen LogP contribution in [-0.2, 0) is 0 Å². The molecule has 0 spiro atoms. The van der Waals surface area contributed by atoms with Gasteiger partial charge in [0.2, 0.25) is 0 Å². The van der Waals surface area contributed by atoms with Crippen LogP contribution in [-0.4, -0.2) is 3.79 Å². The smallest absolute Gasteiger partial charge is 0.0896 e. The molecule has 0 aliphatic heterocycles. The molecule has 8 heavy (non-hydrogen) atoms. The summed E-state index contributed by atoms with van der Waals surface area (Å²) in [7, 11) is 0. The maximum absolute atomic E-state index is 5.31. The number of hydrogen-bond donors (Lipinski definition) is 0. The lowest BCUT2D eigenvalue weighted by Gasteiger charge is -2.06. The number of hydrogen-bond acceptors (Lipinski definition) is 0. The largest absolute Gasteiger partial charge is 0.195 e. The minimum Gasteiger partial charge on any atom is -0.0896 e. The predicted octanol–water partition coefficient (Wildman–Crippen LogP) is 3.50. The van der Waals surface area contributed by atoms with E-state index in [1.165, 1.54) is 0 Å². The Bertz CT molecular complexity index is 90.7. The quantitative estimate of drug-likeness (QED) is 0.560. The van der Waals surface area contributed by atoms with Crippen LogP contribution in [0.25, 0.3) is 0 Å². The van der Waals surface area contributed by atoms with Crippen molar-refractivity contribution in [2.24, 2.45) is 0 Å². The van der Waals surface area contributed by atoms with E-state index in [4.69, 9.17) is 46.4 Å². The maximum atomic E-state index is 5.31. The Morgan fingerprint density at radius 1 is 1.38 bits per heavy atom. The summed E-state index contributed by atoms with van der Waals surface area (Å²) in [5, 5.41) is 0.352. The fourth-order valence-corrected chi connectivity index (χ4v) is 1.11. The van der Waals surface area contributed by atoms with Crippen LogP contribution in [0.3, 0.4) is 0 Å². The highest BCUT2D eigenvalue weighted by atomic mass is 35.6. The molecule has 0 amide bonds. The van der Waals surface area contributed by atoms with Gasteiger partial charge in [-0.15, -0.1) is 0 Å². The van der Waals surface area contributed by atoms with Crippen LogP contribution in [0.15, 0.2) is 11.6 Å². The second kappa shape index (κ2) is 3.17. The second-order valence-corrected chi connectivity index (χ2v) is 4.36. The summed E-state index contributed by atoms with van der Waals surface area (Å²) in [6.45, 7) is 3.35. The Kier molecular flexibility index (Phi) is 3.52. The average Bonchev–Trinajstić information content (AvgIpc) is 1.21. The number of alkyl halides is 3. The molecule has 0 aromatic heterocycles. The number of allylic oxidation sites excluding steroid dienone is 1. The third-order valence-corrected chi connectivity index (χ3v) is 0.927. The Balaban J connectivity index is 3.55. The molecule has 0 atom stereocenters. The summed E-state index contributed by atoms with van der Waals surface area (Å²) >= 11 is 21.3. The summed E-state index contributed by atoms with van der Waals surface area (Å²) in [6, 6.07) is 0. The monoisotopic (exact) mass is 192 g/mol. The Morgan fingerprint density at radius 3 is 1.75 bits per heavy atom. The Morgan fingerprint density at radius 2 is 1.75 bits per heavy atom. The van der Waals surface area contributed by atoms with Gasteiger partial charge in [0.05, 0.1) is 0 Å². The van der Waals surface area contributed by atoms with Gasteiger partial charge in [-0.2, -0.15) is 0 Å². The van der Waals surface area contributed by atoms with Crippen molar-refractivity contribution in [3.05, 3.63) is 11.6 Å². The molecule has 0 aliphatic carbocycles. The van der Waals surface area contributed by atoms with Crippen molar-refractivity contribution in [1.82, 2.24) is 0 Å². The highest BCUT2D eigenvalue weighted by Gasteiger charge is 2.19. The molecule has 0 saturated carbocycles. The summed E-state index contributed by atoms with van der Waals surface area (Å²) in [6.07, 6.45) is 0.194. The van der Waals surface area contributed by atoms with E-state index in [9.17, 15) is 0 Å². The first kappa shape index (κ1) is 8.90. The average molecular weight is 194 g/mol. The Labute approximate surface area is 68.4 Å². The van der Waals surface area contributed by atoms with Gasteiger partial charge in [-0.1, -0.05) is 53.0 Å². The third kappa shape index (κ3) is 6.90.